The van der Waals surface area contributed by atoms with Gasteiger partial charge in [-0.05, 0) is 35.9 Å². The largest absolute Gasteiger partial charge is 0.350 e. The van der Waals surface area contributed by atoms with Gasteiger partial charge in [0.2, 0.25) is 5.91 Å². The molecule has 0 fully saturated rings. The van der Waals surface area contributed by atoms with Gasteiger partial charge in [0.25, 0.3) is 0 Å². The maximum Gasteiger partial charge on any atom is 0.335 e. The summed E-state index contributed by atoms with van der Waals surface area (Å²) in [5.41, 5.74) is 2.44. The Morgan fingerprint density at radius 1 is 1.00 bits per heavy atom. The maximum atomic E-state index is 13.0. The molecule has 0 unspecified atom stereocenters. The molecule has 4 aromatic rings. The molecule has 1 amide bonds. The zero-order valence-corrected chi connectivity index (χ0v) is 14.4. The van der Waals surface area contributed by atoms with Crippen LogP contribution in [-0.2, 0) is 17.9 Å². The molecule has 4 rings (SSSR count). The van der Waals surface area contributed by atoms with Crippen molar-refractivity contribution in [3.63, 3.8) is 0 Å². The molecule has 3 aromatic heterocycles. The summed E-state index contributed by atoms with van der Waals surface area (Å²) in [6.07, 6.45) is 5.00. The van der Waals surface area contributed by atoms with Crippen LogP contribution in [-0.4, -0.2) is 25.0 Å². The van der Waals surface area contributed by atoms with E-state index in [9.17, 15) is 9.59 Å². The molecule has 0 spiro atoms. The number of carbonyl (C=O) groups is 1. The molecule has 0 atom stereocenters. The molecule has 0 saturated carbocycles. The number of para-hydroxylation sites is 1. The number of aromatic nitrogens is 4. The van der Waals surface area contributed by atoms with Crippen LogP contribution in [0, 0.1) is 0 Å². The summed E-state index contributed by atoms with van der Waals surface area (Å²) in [6, 6.07) is 16.5. The van der Waals surface area contributed by atoms with Crippen LogP contribution in [0.4, 0.5) is 0 Å². The summed E-state index contributed by atoms with van der Waals surface area (Å²) >= 11 is 0. The first-order chi connectivity index (χ1) is 13.2. The predicted molar refractivity (Wildman–Crippen MR) is 101 cm³/mol. The predicted octanol–water partition coefficient (Wildman–Crippen LogP) is 1.90. The van der Waals surface area contributed by atoms with E-state index in [1.165, 1.54) is 9.13 Å². The number of fused-ring (bicyclic) bond motifs is 1. The monoisotopic (exact) mass is 359 g/mol. The van der Waals surface area contributed by atoms with Crippen LogP contribution in [0.3, 0.4) is 0 Å². The van der Waals surface area contributed by atoms with Gasteiger partial charge >= 0.3 is 5.69 Å². The number of nitrogens with zero attached hydrogens (tertiary/aromatic N) is 4. The van der Waals surface area contributed by atoms with E-state index in [0.29, 0.717) is 23.4 Å². The van der Waals surface area contributed by atoms with Crippen molar-refractivity contribution in [1.29, 1.82) is 0 Å². The number of amides is 1. The normalized spacial score (nSPS) is 10.8. The lowest BCUT2D eigenvalue weighted by atomic mass is 10.3. The van der Waals surface area contributed by atoms with Gasteiger partial charge in [0, 0.05) is 25.1 Å². The fourth-order valence-corrected chi connectivity index (χ4v) is 2.95. The molecular weight excluding hydrogens is 342 g/mol. The molecule has 0 aliphatic carbocycles. The van der Waals surface area contributed by atoms with Crippen molar-refractivity contribution in [2.75, 3.05) is 0 Å². The second-order valence-corrected chi connectivity index (χ2v) is 6.02. The topological polar surface area (TPSA) is 81.8 Å². The summed E-state index contributed by atoms with van der Waals surface area (Å²) < 4.78 is 2.96. The Hall–Kier alpha value is -3.74. The van der Waals surface area contributed by atoms with Gasteiger partial charge in [0.1, 0.15) is 6.54 Å². The quantitative estimate of drug-likeness (QED) is 0.590. The van der Waals surface area contributed by atoms with Gasteiger partial charge in [0.15, 0.2) is 5.65 Å². The van der Waals surface area contributed by atoms with Gasteiger partial charge in [-0.3, -0.25) is 14.3 Å². The van der Waals surface area contributed by atoms with E-state index in [1.54, 1.807) is 30.7 Å². The highest BCUT2D eigenvalue weighted by molar-refractivity contribution is 5.80. The van der Waals surface area contributed by atoms with Crippen LogP contribution >= 0.6 is 0 Å². The van der Waals surface area contributed by atoms with Crippen molar-refractivity contribution < 1.29 is 4.79 Å². The third-order valence-corrected chi connectivity index (χ3v) is 4.22. The highest BCUT2D eigenvalue weighted by atomic mass is 16.2. The Bertz CT molecular complexity index is 1130. The van der Waals surface area contributed by atoms with Crippen molar-refractivity contribution in [1.82, 2.24) is 24.4 Å². The van der Waals surface area contributed by atoms with Crippen molar-refractivity contribution in [2.24, 2.45) is 0 Å². The summed E-state index contributed by atoms with van der Waals surface area (Å²) in [5.74, 6) is -0.253. The van der Waals surface area contributed by atoms with E-state index in [4.69, 9.17) is 0 Å². The van der Waals surface area contributed by atoms with Crippen LogP contribution in [0.15, 0.2) is 78.0 Å². The van der Waals surface area contributed by atoms with Crippen molar-refractivity contribution in [2.45, 2.75) is 13.1 Å². The molecule has 0 bridgehead atoms. The summed E-state index contributed by atoms with van der Waals surface area (Å²) in [6.45, 7) is 0.276. The first-order valence-electron chi connectivity index (χ1n) is 8.51. The average molecular weight is 359 g/mol. The molecule has 7 nitrogen and oxygen atoms in total. The van der Waals surface area contributed by atoms with Crippen molar-refractivity contribution >= 4 is 17.1 Å². The molecule has 0 saturated heterocycles. The third kappa shape index (κ3) is 3.35. The van der Waals surface area contributed by atoms with Crippen molar-refractivity contribution in [3.8, 4) is 5.69 Å². The SMILES string of the molecule is O=C(Cn1c(=O)n(-c2ccccc2)c2ncccc21)NCc1cccnc1. The number of benzene rings is 1. The number of carbonyl (C=O) groups excluding carboxylic acids is 1. The second kappa shape index (κ2) is 7.25. The Labute approximate surface area is 154 Å². The molecular formula is C20H17N5O2. The first-order valence-corrected chi connectivity index (χ1v) is 8.51. The standard InChI is InChI=1S/C20H17N5O2/c26-18(23-13-15-6-4-10-21-12-15)14-24-17-9-5-11-22-19(17)25(20(24)27)16-7-2-1-3-8-16/h1-12H,13-14H2,(H,23,26). The van der Waals surface area contributed by atoms with E-state index in [0.717, 1.165) is 5.56 Å². The number of nitrogens with one attached hydrogen (secondary N) is 1. The van der Waals surface area contributed by atoms with Crippen LogP contribution < -0.4 is 11.0 Å². The van der Waals surface area contributed by atoms with E-state index in [1.807, 2.05) is 42.5 Å². The van der Waals surface area contributed by atoms with Crippen LogP contribution in [0.25, 0.3) is 16.9 Å². The molecule has 0 aliphatic heterocycles. The number of imidazole rings is 1. The van der Waals surface area contributed by atoms with Gasteiger partial charge in [-0.15, -0.1) is 0 Å². The average Bonchev–Trinajstić information content (AvgIpc) is 2.99. The third-order valence-electron chi connectivity index (χ3n) is 4.22. The molecule has 7 heteroatoms. The molecule has 1 aromatic carbocycles. The van der Waals surface area contributed by atoms with Gasteiger partial charge in [-0.1, -0.05) is 24.3 Å². The van der Waals surface area contributed by atoms with E-state index in [-0.39, 0.29) is 18.1 Å². The van der Waals surface area contributed by atoms with Crippen LogP contribution in [0.2, 0.25) is 0 Å². The second-order valence-electron chi connectivity index (χ2n) is 6.02. The Morgan fingerprint density at radius 3 is 2.59 bits per heavy atom. The molecule has 134 valence electrons. The number of rotatable bonds is 5. The smallest absolute Gasteiger partial charge is 0.335 e. The number of hydrogen-bond donors (Lipinski definition) is 1. The Morgan fingerprint density at radius 2 is 1.81 bits per heavy atom. The fraction of sp³-hybridized carbons (Fsp3) is 0.100. The van der Waals surface area contributed by atoms with E-state index >= 15 is 0 Å². The molecule has 3 heterocycles. The van der Waals surface area contributed by atoms with Crippen molar-refractivity contribution in [3.05, 3.63) is 89.2 Å². The summed E-state index contributed by atoms with van der Waals surface area (Å²) in [4.78, 5) is 33.8. The van der Waals surface area contributed by atoms with Gasteiger partial charge in [0.05, 0.1) is 11.2 Å². The maximum absolute atomic E-state index is 13.0. The minimum absolute atomic E-state index is 0.0822. The van der Waals surface area contributed by atoms with Crippen LogP contribution in [0.1, 0.15) is 5.56 Å². The first kappa shape index (κ1) is 16.7. The van der Waals surface area contributed by atoms with E-state index in [2.05, 4.69) is 15.3 Å². The van der Waals surface area contributed by atoms with Gasteiger partial charge in [-0.25, -0.2) is 14.3 Å². The lowest BCUT2D eigenvalue weighted by Gasteiger charge is -2.06. The molecule has 1 N–H and O–H groups in total. The highest BCUT2D eigenvalue weighted by Crippen LogP contribution is 2.15. The zero-order valence-electron chi connectivity index (χ0n) is 14.4. The molecule has 0 aliphatic rings. The summed E-state index contributed by atoms with van der Waals surface area (Å²) in [7, 11) is 0. The minimum Gasteiger partial charge on any atom is -0.350 e. The summed E-state index contributed by atoms with van der Waals surface area (Å²) in [5, 5.41) is 2.82. The van der Waals surface area contributed by atoms with Crippen LogP contribution in [0.5, 0.6) is 0 Å². The lowest BCUT2D eigenvalue weighted by Crippen LogP contribution is -2.32. The van der Waals surface area contributed by atoms with Gasteiger partial charge < -0.3 is 5.32 Å². The van der Waals surface area contributed by atoms with Gasteiger partial charge in [-0.2, -0.15) is 0 Å². The zero-order chi connectivity index (χ0) is 18.6. The molecule has 27 heavy (non-hydrogen) atoms. The number of pyridine rings is 2. The highest BCUT2D eigenvalue weighted by Gasteiger charge is 2.17. The fourth-order valence-electron chi connectivity index (χ4n) is 2.95. The minimum atomic E-state index is -0.300. The lowest BCUT2D eigenvalue weighted by molar-refractivity contribution is -0.121. The van der Waals surface area contributed by atoms with E-state index < -0.39 is 0 Å². The Balaban J connectivity index is 1.65. The number of hydrogen-bond acceptors (Lipinski definition) is 4. The Kier molecular flexibility index (Phi) is 4.49. The molecule has 0 radical (unpaired) electrons.